The number of guanidine groups is 1. The van der Waals surface area contributed by atoms with Crippen LogP contribution in [0.1, 0.15) is 31.2 Å². The zero-order valence-electron chi connectivity index (χ0n) is 15.4. The van der Waals surface area contributed by atoms with Gasteiger partial charge in [0.25, 0.3) is 0 Å². The van der Waals surface area contributed by atoms with Crippen molar-refractivity contribution >= 4 is 39.8 Å². The summed E-state index contributed by atoms with van der Waals surface area (Å²) in [5, 5.41) is 6.38. The Labute approximate surface area is 168 Å². The van der Waals surface area contributed by atoms with Crippen LogP contribution < -0.4 is 15.4 Å². The van der Waals surface area contributed by atoms with E-state index in [-0.39, 0.29) is 29.7 Å². The van der Waals surface area contributed by atoms with Crippen LogP contribution in [-0.4, -0.2) is 53.6 Å². The summed E-state index contributed by atoms with van der Waals surface area (Å²) < 4.78 is 27.3. The van der Waals surface area contributed by atoms with E-state index in [4.69, 9.17) is 4.74 Å². The van der Waals surface area contributed by atoms with Crippen LogP contribution in [0.3, 0.4) is 0 Å². The second-order valence-electron chi connectivity index (χ2n) is 5.87. The molecule has 0 aromatic heterocycles. The number of methoxy groups -OCH3 is 1. The number of aliphatic imine (C=N–C) groups is 1. The molecule has 0 spiro atoms. The Bertz CT molecular complexity index is 619. The Morgan fingerprint density at radius 3 is 2.32 bits per heavy atom. The number of halogens is 1. The van der Waals surface area contributed by atoms with Crippen molar-refractivity contribution in [2.75, 3.05) is 39.3 Å². The van der Waals surface area contributed by atoms with Crippen LogP contribution in [0.5, 0.6) is 5.75 Å². The van der Waals surface area contributed by atoms with Gasteiger partial charge in [-0.3, -0.25) is 4.99 Å². The second kappa shape index (κ2) is 12.3. The van der Waals surface area contributed by atoms with E-state index in [1.807, 2.05) is 12.1 Å². The summed E-state index contributed by atoms with van der Waals surface area (Å²) in [5.41, 5.74) is 1.27. The van der Waals surface area contributed by atoms with Gasteiger partial charge in [-0.25, -0.2) is 8.42 Å². The van der Waals surface area contributed by atoms with E-state index in [2.05, 4.69) is 34.7 Å². The normalized spacial score (nSPS) is 12.9. The quantitative estimate of drug-likeness (QED) is 0.244. The molecule has 0 saturated heterocycles. The standard InChI is InChI=1S/C17H29N3O3S.HI/c1-14(15-6-8-16(23-3)9-7-15)10-12-20-17(18-2)19-11-5-13-24(4,21)22;/h6-9,14H,5,10-13H2,1-4H3,(H2,18,19,20);1H. The number of ether oxygens (including phenoxy) is 1. The fourth-order valence-electron chi connectivity index (χ4n) is 2.27. The molecule has 0 radical (unpaired) electrons. The van der Waals surface area contributed by atoms with Crippen molar-refractivity contribution in [2.24, 2.45) is 4.99 Å². The van der Waals surface area contributed by atoms with Crippen molar-refractivity contribution in [1.82, 2.24) is 10.6 Å². The summed E-state index contributed by atoms with van der Waals surface area (Å²) in [7, 11) is 0.469. The van der Waals surface area contributed by atoms with Gasteiger partial charge in [0, 0.05) is 26.4 Å². The number of hydrogen-bond acceptors (Lipinski definition) is 4. The highest BCUT2D eigenvalue weighted by atomic mass is 127. The average Bonchev–Trinajstić information content (AvgIpc) is 2.56. The van der Waals surface area contributed by atoms with Gasteiger partial charge in [0.15, 0.2) is 5.96 Å². The lowest BCUT2D eigenvalue weighted by Gasteiger charge is -2.15. The third kappa shape index (κ3) is 10.5. The number of hydrogen-bond donors (Lipinski definition) is 2. The number of rotatable bonds is 9. The van der Waals surface area contributed by atoms with Gasteiger partial charge in [0.1, 0.15) is 15.6 Å². The van der Waals surface area contributed by atoms with Crippen LogP contribution in [0.25, 0.3) is 0 Å². The molecule has 0 heterocycles. The first-order valence-electron chi connectivity index (χ1n) is 8.12. The summed E-state index contributed by atoms with van der Waals surface area (Å²) >= 11 is 0. The molecule has 1 aromatic carbocycles. The molecular weight excluding hydrogens is 453 g/mol. The fraction of sp³-hybridized carbons (Fsp3) is 0.588. The molecule has 144 valence electrons. The monoisotopic (exact) mass is 483 g/mol. The molecular formula is C17H30IN3O3S. The minimum Gasteiger partial charge on any atom is -0.497 e. The van der Waals surface area contributed by atoms with E-state index in [0.29, 0.717) is 24.8 Å². The van der Waals surface area contributed by atoms with Crippen molar-refractivity contribution in [2.45, 2.75) is 25.7 Å². The first-order valence-corrected chi connectivity index (χ1v) is 10.2. The molecule has 8 heteroatoms. The number of benzene rings is 1. The first-order chi connectivity index (χ1) is 11.4. The molecule has 0 bridgehead atoms. The summed E-state index contributed by atoms with van der Waals surface area (Å²) in [6.07, 6.45) is 2.79. The highest BCUT2D eigenvalue weighted by Gasteiger charge is 2.07. The van der Waals surface area contributed by atoms with Gasteiger partial charge in [0.05, 0.1) is 12.9 Å². The first kappa shape index (κ1) is 24.0. The predicted molar refractivity (Wildman–Crippen MR) is 115 cm³/mol. The minimum atomic E-state index is -2.90. The topological polar surface area (TPSA) is 79.8 Å². The molecule has 1 aromatic rings. The summed E-state index contributed by atoms with van der Waals surface area (Å²) in [6.45, 7) is 3.56. The number of nitrogens with one attached hydrogen (secondary N) is 2. The molecule has 25 heavy (non-hydrogen) atoms. The highest BCUT2D eigenvalue weighted by molar-refractivity contribution is 14.0. The molecule has 0 aliphatic heterocycles. The van der Waals surface area contributed by atoms with Gasteiger partial charge in [-0.2, -0.15) is 0 Å². The molecule has 1 rings (SSSR count). The molecule has 1 unspecified atom stereocenters. The van der Waals surface area contributed by atoms with Crippen LogP contribution in [0.4, 0.5) is 0 Å². The Kier molecular flexibility index (Phi) is 11.8. The SMILES string of the molecule is CN=C(NCCCS(C)(=O)=O)NCCC(C)c1ccc(OC)cc1.I. The van der Waals surface area contributed by atoms with Crippen LogP contribution >= 0.6 is 24.0 Å². The maximum atomic E-state index is 11.1. The van der Waals surface area contributed by atoms with Crippen molar-refractivity contribution in [3.63, 3.8) is 0 Å². The third-order valence-corrected chi connectivity index (χ3v) is 4.79. The van der Waals surface area contributed by atoms with E-state index in [1.54, 1.807) is 14.2 Å². The van der Waals surface area contributed by atoms with Gasteiger partial charge in [-0.05, 0) is 36.5 Å². The zero-order chi connectivity index (χ0) is 18.0. The predicted octanol–water partition coefficient (Wildman–Crippen LogP) is 2.41. The van der Waals surface area contributed by atoms with Crippen LogP contribution in [0.15, 0.2) is 29.3 Å². The van der Waals surface area contributed by atoms with Gasteiger partial charge in [-0.15, -0.1) is 24.0 Å². The third-order valence-electron chi connectivity index (χ3n) is 3.76. The van der Waals surface area contributed by atoms with E-state index < -0.39 is 9.84 Å². The molecule has 2 N–H and O–H groups in total. The zero-order valence-corrected chi connectivity index (χ0v) is 18.6. The van der Waals surface area contributed by atoms with E-state index in [9.17, 15) is 8.42 Å². The van der Waals surface area contributed by atoms with Crippen molar-refractivity contribution < 1.29 is 13.2 Å². The van der Waals surface area contributed by atoms with Crippen molar-refractivity contribution in [3.8, 4) is 5.75 Å². The summed E-state index contributed by atoms with van der Waals surface area (Å²) in [5.74, 6) is 2.17. The maximum absolute atomic E-state index is 11.1. The lowest BCUT2D eigenvalue weighted by molar-refractivity contribution is 0.414. The van der Waals surface area contributed by atoms with Crippen molar-refractivity contribution in [3.05, 3.63) is 29.8 Å². The Balaban J connectivity index is 0.00000576. The number of nitrogens with zero attached hydrogens (tertiary/aromatic N) is 1. The van der Waals surface area contributed by atoms with Crippen LogP contribution in [-0.2, 0) is 9.84 Å². The lowest BCUT2D eigenvalue weighted by Crippen LogP contribution is -2.38. The average molecular weight is 483 g/mol. The van der Waals surface area contributed by atoms with Gasteiger partial charge < -0.3 is 15.4 Å². The Morgan fingerprint density at radius 1 is 1.20 bits per heavy atom. The molecule has 1 atom stereocenters. The van der Waals surface area contributed by atoms with Crippen LogP contribution in [0, 0.1) is 0 Å². The molecule has 0 fully saturated rings. The molecule has 0 aliphatic rings. The highest BCUT2D eigenvalue weighted by Crippen LogP contribution is 2.21. The fourth-order valence-corrected chi connectivity index (χ4v) is 2.94. The van der Waals surface area contributed by atoms with E-state index in [1.165, 1.54) is 11.8 Å². The van der Waals surface area contributed by atoms with E-state index >= 15 is 0 Å². The molecule has 6 nitrogen and oxygen atoms in total. The molecule has 0 saturated carbocycles. The molecule has 0 amide bonds. The lowest BCUT2D eigenvalue weighted by atomic mass is 9.98. The van der Waals surface area contributed by atoms with Gasteiger partial charge >= 0.3 is 0 Å². The summed E-state index contributed by atoms with van der Waals surface area (Å²) in [6, 6.07) is 8.12. The van der Waals surface area contributed by atoms with Crippen molar-refractivity contribution in [1.29, 1.82) is 0 Å². The van der Waals surface area contributed by atoms with Gasteiger partial charge in [0.2, 0.25) is 0 Å². The maximum Gasteiger partial charge on any atom is 0.190 e. The molecule has 0 aliphatic carbocycles. The number of sulfone groups is 1. The smallest absolute Gasteiger partial charge is 0.190 e. The Hall–Kier alpha value is -1.03. The van der Waals surface area contributed by atoms with E-state index in [0.717, 1.165) is 18.7 Å². The second-order valence-corrected chi connectivity index (χ2v) is 8.13. The largest absolute Gasteiger partial charge is 0.497 e. The minimum absolute atomic E-state index is 0. The Morgan fingerprint density at radius 2 is 1.80 bits per heavy atom. The summed E-state index contributed by atoms with van der Waals surface area (Å²) in [4.78, 5) is 4.14. The van der Waals surface area contributed by atoms with Crippen LogP contribution in [0.2, 0.25) is 0 Å². The van der Waals surface area contributed by atoms with Gasteiger partial charge in [-0.1, -0.05) is 19.1 Å².